The zero-order valence-electron chi connectivity index (χ0n) is 14.4. The van der Waals surface area contributed by atoms with Crippen molar-refractivity contribution in [2.45, 2.75) is 24.4 Å². The van der Waals surface area contributed by atoms with E-state index in [1.54, 1.807) is 0 Å². The minimum atomic E-state index is -2.05. The molecule has 0 saturated heterocycles. The molecule has 2 aromatic carbocycles. The van der Waals surface area contributed by atoms with Gasteiger partial charge in [-0.25, -0.2) is 4.79 Å². The molecule has 0 aliphatic heterocycles. The fourth-order valence-electron chi connectivity index (χ4n) is 3.29. The molecular formula is C19H18N4O4. The number of benzene rings is 2. The van der Waals surface area contributed by atoms with Crippen LogP contribution in [0.3, 0.4) is 0 Å². The van der Waals surface area contributed by atoms with Gasteiger partial charge in [-0.3, -0.25) is 4.79 Å². The number of aliphatic carboxylic acids is 1. The molecule has 2 aromatic rings. The molecule has 0 heterocycles. The Morgan fingerprint density at radius 1 is 1.15 bits per heavy atom. The van der Waals surface area contributed by atoms with Crippen molar-refractivity contribution >= 4 is 11.9 Å². The van der Waals surface area contributed by atoms with Crippen LogP contribution in [0.15, 0.2) is 53.6 Å². The lowest BCUT2D eigenvalue weighted by Gasteiger charge is -2.22. The number of carbonyl (C=O) groups excluding carboxylic acids is 1. The van der Waals surface area contributed by atoms with Crippen LogP contribution in [0.4, 0.5) is 0 Å². The first-order valence-electron chi connectivity index (χ1n) is 8.38. The van der Waals surface area contributed by atoms with Gasteiger partial charge in [-0.2, -0.15) is 0 Å². The number of nitrogens with zero attached hydrogens (tertiary/aromatic N) is 3. The highest BCUT2D eigenvalue weighted by atomic mass is 16.5. The first-order chi connectivity index (χ1) is 13.0. The number of carboxylic acids is 1. The van der Waals surface area contributed by atoms with Crippen LogP contribution in [-0.2, 0) is 14.3 Å². The summed E-state index contributed by atoms with van der Waals surface area (Å²) in [5.74, 6) is -2.26. The Hall–Kier alpha value is -3.35. The number of nitrogens with two attached hydrogens (primary N) is 1. The first kappa shape index (κ1) is 18.4. The number of esters is 1. The van der Waals surface area contributed by atoms with E-state index in [9.17, 15) is 9.59 Å². The molecule has 0 amide bonds. The minimum absolute atomic E-state index is 0.0137. The summed E-state index contributed by atoms with van der Waals surface area (Å²) in [4.78, 5) is 25.8. The lowest BCUT2D eigenvalue weighted by atomic mass is 9.98. The second-order valence-corrected chi connectivity index (χ2v) is 6.33. The van der Waals surface area contributed by atoms with Crippen molar-refractivity contribution in [1.29, 1.82) is 0 Å². The summed E-state index contributed by atoms with van der Waals surface area (Å²) >= 11 is 0. The van der Waals surface area contributed by atoms with Gasteiger partial charge in [0.2, 0.25) is 0 Å². The van der Waals surface area contributed by atoms with Crippen LogP contribution in [0.2, 0.25) is 0 Å². The third kappa shape index (κ3) is 3.62. The highest BCUT2D eigenvalue weighted by Gasteiger charge is 2.37. The minimum Gasteiger partial charge on any atom is -0.481 e. The number of rotatable bonds is 7. The molecule has 0 fully saturated rings. The van der Waals surface area contributed by atoms with Crippen LogP contribution < -0.4 is 5.73 Å². The summed E-state index contributed by atoms with van der Waals surface area (Å²) in [6, 6.07) is 15.7. The molecule has 0 saturated carbocycles. The van der Waals surface area contributed by atoms with Gasteiger partial charge in [0, 0.05) is 17.3 Å². The molecule has 1 aliphatic carbocycles. The number of ether oxygens (including phenoxy) is 1. The van der Waals surface area contributed by atoms with Crippen molar-refractivity contribution in [2.24, 2.45) is 10.8 Å². The molecule has 0 spiro atoms. The van der Waals surface area contributed by atoms with Crippen molar-refractivity contribution in [1.82, 2.24) is 0 Å². The Morgan fingerprint density at radius 3 is 2.22 bits per heavy atom. The largest absolute Gasteiger partial charge is 0.481 e. The van der Waals surface area contributed by atoms with Gasteiger partial charge in [0.15, 0.2) is 5.66 Å². The summed E-state index contributed by atoms with van der Waals surface area (Å²) < 4.78 is 5.37. The van der Waals surface area contributed by atoms with E-state index in [1.165, 1.54) is 0 Å². The number of fused-ring (bicyclic) bond motifs is 3. The van der Waals surface area contributed by atoms with Gasteiger partial charge in [-0.15, -0.1) is 0 Å². The summed E-state index contributed by atoms with van der Waals surface area (Å²) in [5, 5.41) is 12.1. The maximum absolute atomic E-state index is 12.4. The summed E-state index contributed by atoms with van der Waals surface area (Å²) in [7, 11) is 0. The normalized spacial score (nSPS) is 14.4. The van der Waals surface area contributed by atoms with Gasteiger partial charge in [0.25, 0.3) is 0 Å². The molecule has 0 unspecified atom stereocenters. The monoisotopic (exact) mass is 366 g/mol. The van der Waals surface area contributed by atoms with E-state index in [2.05, 4.69) is 10.0 Å². The molecule has 138 valence electrons. The third-order valence-electron chi connectivity index (χ3n) is 4.64. The van der Waals surface area contributed by atoms with Crippen LogP contribution in [0.25, 0.3) is 21.6 Å². The lowest BCUT2D eigenvalue weighted by Crippen LogP contribution is -2.47. The Morgan fingerprint density at radius 2 is 1.70 bits per heavy atom. The number of hydrogen-bond acceptors (Lipinski definition) is 5. The summed E-state index contributed by atoms with van der Waals surface area (Å²) in [6.45, 7) is 0.0137. The molecule has 8 nitrogen and oxygen atoms in total. The van der Waals surface area contributed by atoms with Crippen LogP contribution in [0, 0.1) is 0 Å². The van der Waals surface area contributed by atoms with Gasteiger partial charge in [0.1, 0.15) is 6.61 Å². The Kier molecular flexibility index (Phi) is 5.12. The number of hydrogen-bond donors (Lipinski definition) is 2. The zero-order valence-corrected chi connectivity index (χ0v) is 14.4. The maximum atomic E-state index is 12.4. The van der Waals surface area contributed by atoms with E-state index in [1.807, 2.05) is 48.5 Å². The molecule has 3 rings (SSSR count). The van der Waals surface area contributed by atoms with Crippen LogP contribution in [0.5, 0.6) is 0 Å². The molecule has 1 atom stereocenters. The quantitative estimate of drug-likeness (QED) is 0.335. The van der Waals surface area contributed by atoms with Crippen LogP contribution >= 0.6 is 0 Å². The van der Waals surface area contributed by atoms with Gasteiger partial charge in [-0.05, 0) is 34.2 Å². The second-order valence-electron chi connectivity index (χ2n) is 6.33. The second kappa shape index (κ2) is 7.49. The summed E-state index contributed by atoms with van der Waals surface area (Å²) in [6.07, 6.45) is -0.761. The standard InChI is InChI=1S/C19H18N4O4/c20-19(22-23-21,10-9-17(24)25)18(26)27-11-16-14-7-3-1-5-12(14)13-6-2-4-8-15(13)16/h1-8,16H,9-11,20H2,(H,24,25)/t19-/m1/s1. The maximum Gasteiger partial charge on any atom is 0.332 e. The molecule has 8 heteroatoms. The third-order valence-corrected chi connectivity index (χ3v) is 4.64. The smallest absolute Gasteiger partial charge is 0.332 e. The summed E-state index contributed by atoms with van der Waals surface area (Å²) in [5.41, 5.74) is 16.7. The molecule has 1 aliphatic rings. The fourth-order valence-corrected chi connectivity index (χ4v) is 3.29. The predicted molar refractivity (Wildman–Crippen MR) is 97.6 cm³/mol. The fraction of sp³-hybridized carbons (Fsp3) is 0.263. The van der Waals surface area contributed by atoms with Crippen molar-refractivity contribution in [3.8, 4) is 11.1 Å². The first-order valence-corrected chi connectivity index (χ1v) is 8.38. The Bertz CT molecular complexity index is 893. The van der Waals surface area contributed by atoms with Gasteiger partial charge >= 0.3 is 11.9 Å². The predicted octanol–water partition coefficient (Wildman–Crippen LogP) is 3.17. The van der Waals surface area contributed by atoms with E-state index in [0.717, 1.165) is 22.3 Å². The van der Waals surface area contributed by atoms with E-state index in [-0.39, 0.29) is 18.9 Å². The van der Waals surface area contributed by atoms with E-state index in [0.29, 0.717) is 0 Å². The Labute approximate surface area is 155 Å². The average molecular weight is 366 g/mol. The van der Waals surface area contributed by atoms with E-state index in [4.69, 9.17) is 21.1 Å². The Balaban J connectivity index is 1.80. The molecule has 3 N–H and O–H groups in total. The van der Waals surface area contributed by atoms with Gasteiger partial charge in [0.05, 0.1) is 0 Å². The SMILES string of the molecule is [N-]=[N+]=N[C@](N)(CCC(=O)O)C(=O)OCC1c2ccccc2-c2ccccc21. The van der Waals surface area contributed by atoms with Crippen LogP contribution in [-0.4, -0.2) is 29.3 Å². The molecular weight excluding hydrogens is 348 g/mol. The average Bonchev–Trinajstić information content (AvgIpc) is 2.99. The van der Waals surface area contributed by atoms with Crippen molar-refractivity contribution in [3.63, 3.8) is 0 Å². The van der Waals surface area contributed by atoms with E-state index >= 15 is 0 Å². The molecule has 0 aromatic heterocycles. The van der Waals surface area contributed by atoms with E-state index < -0.39 is 24.0 Å². The lowest BCUT2D eigenvalue weighted by molar-refractivity contribution is -0.151. The van der Waals surface area contributed by atoms with Crippen molar-refractivity contribution in [2.75, 3.05) is 6.61 Å². The van der Waals surface area contributed by atoms with Crippen LogP contribution in [0.1, 0.15) is 29.9 Å². The number of carboxylic acid groups (broad SMARTS) is 1. The number of carbonyl (C=O) groups is 2. The number of azide groups is 1. The van der Waals surface area contributed by atoms with Gasteiger partial charge < -0.3 is 15.6 Å². The van der Waals surface area contributed by atoms with Gasteiger partial charge in [-0.1, -0.05) is 53.6 Å². The highest BCUT2D eigenvalue weighted by Crippen LogP contribution is 2.44. The molecule has 0 radical (unpaired) electrons. The zero-order chi connectivity index (χ0) is 19.4. The highest BCUT2D eigenvalue weighted by molar-refractivity contribution is 5.82. The topological polar surface area (TPSA) is 138 Å². The van der Waals surface area contributed by atoms with Crippen molar-refractivity contribution in [3.05, 3.63) is 70.1 Å². The molecule has 27 heavy (non-hydrogen) atoms. The molecule has 0 bridgehead atoms. The van der Waals surface area contributed by atoms with Crippen molar-refractivity contribution < 1.29 is 19.4 Å².